The van der Waals surface area contributed by atoms with Crippen LogP contribution in [-0.2, 0) is 4.79 Å². The number of carbonyl (C=O) groups excluding carboxylic acids is 1. The number of anilines is 1. The molecule has 166 valence electrons. The number of aryl methyl sites for hydroxylation is 1. The molecule has 0 unspecified atom stereocenters. The van der Waals surface area contributed by atoms with Gasteiger partial charge in [0.05, 0.1) is 7.11 Å². The van der Waals surface area contributed by atoms with Gasteiger partial charge in [0, 0.05) is 49.2 Å². The minimum atomic E-state index is -0.324. The molecule has 1 aliphatic rings. The Morgan fingerprint density at radius 1 is 1.00 bits per heavy atom. The second-order valence-electron chi connectivity index (χ2n) is 7.53. The summed E-state index contributed by atoms with van der Waals surface area (Å²) in [5.41, 5.74) is 2.50. The standard InChI is InChI=1S/C24H25FN4O3/c1-17-15-22(27-24(26-17)18-3-5-19(25)6-4-18)32-16-23(30)29-13-11-28(12-14-29)20-7-9-21(31-2)10-8-20/h3-10,15H,11-14,16H2,1-2H3. The summed E-state index contributed by atoms with van der Waals surface area (Å²) in [5.74, 6) is 1.17. The lowest BCUT2D eigenvalue weighted by Crippen LogP contribution is -2.50. The number of hydrogen-bond donors (Lipinski definition) is 0. The highest BCUT2D eigenvalue weighted by Gasteiger charge is 2.22. The zero-order valence-corrected chi connectivity index (χ0v) is 18.1. The van der Waals surface area contributed by atoms with E-state index in [2.05, 4.69) is 14.9 Å². The first-order valence-corrected chi connectivity index (χ1v) is 10.4. The van der Waals surface area contributed by atoms with Crippen LogP contribution in [0, 0.1) is 12.7 Å². The van der Waals surface area contributed by atoms with Crippen LogP contribution in [0.2, 0.25) is 0 Å². The second kappa shape index (κ2) is 9.64. The van der Waals surface area contributed by atoms with Crippen molar-refractivity contribution < 1.29 is 18.7 Å². The van der Waals surface area contributed by atoms with Gasteiger partial charge in [0.15, 0.2) is 12.4 Å². The van der Waals surface area contributed by atoms with Gasteiger partial charge in [-0.3, -0.25) is 4.79 Å². The van der Waals surface area contributed by atoms with Crippen molar-refractivity contribution in [3.8, 4) is 23.0 Å². The second-order valence-corrected chi connectivity index (χ2v) is 7.53. The Morgan fingerprint density at radius 2 is 1.69 bits per heavy atom. The fraction of sp³-hybridized carbons (Fsp3) is 0.292. The Bertz CT molecular complexity index is 1070. The third-order valence-corrected chi connectivity index (χ3v) is 5.35. The topological polar surface area (TPSA) is 67.8 Å². The number of rotatable bonds is 6. The molecule has 1 saturated heterocycles. The van der Waals surface area contributed by atoms with Gasteiger partial charge in [-0.2, -0.15) is 4.98 Å². The first-order chi connectivity index (χ1) is 15.5. The molecule has 2 heterocycles. The van der Waals surface area contributed by atoms with E-state index in [1.165, 1.54) is 12.1 Å². The van der Waals surface area contributed by atoms with E-state index in [-0.39, 0.29) is 18.3 Å². The van der Waals surface area contributed by atoms with Crippen molar-refractivity contribution in [2.24, 2.45) is 0 Å². The molecule has 4 rings (SSSR count). The number of ether oxygens (including phenoxy) is 2. The van der Waals surface area contributed by atoms with E-state index in [0.29, 0.717) is 36.1 Å². The average Bonchev–Trinajstić information content (AvgIpc) is 2.83. The van der Waals surface area contributed by atoms with Gasteiger partial charge in [-0.1, -0.05) is 0 Å². The summed E-state index contributed by atoms with van der Waals surface area (Å²) in [6, 6.07) is 15.5. The Morgan fingerprint density at radius 3 is 2.34 bits per heavy atom. The van der Waals surface area contributed by atoms with Crippen molar-refractivity contribution in [1.82, 2.24) is 14.9 Å². The van der Waals surface area contributed by atoms with Gasteiger partial charge < -0.3 is 19.3 Å². The van der Waals surface area contributed by atoms with Gasteiger partial charge in [-0.15, -0.1) is 0 Å². The smallest absolute Gasteiger partial charge is 0.260 e. The molecule has 32 heavy (non-hydrogen) atoms. The summed E-state index contributed by atoms with van der Waals surface area (Å²) in [6.45, 7) is 4.47. The third kappa shape index (κ3) is 5.14. The summed E-state index contributed by atoms with van der Waals surface area (Å²) < 4.78 is 24.1. The largest absolute Gasteiger partial charge is 0.497 e. The van der Waals surface area contributed by atoms with Crippen molar-refractivity contribution in [1.29, 1.82) is 0 Å². The number of carbonyl (C=O) groups is 1. The van der Waals surface area contributed by atoms with Crippen LogP contribution in [-0.4, -0.2) is 60.7 Å². The summed E-state index contributed by atoms with van der Waals surface area (Å²) in [4.78, 5) is 25.4. The molecule has 3 aromatic rings. The molecule has 0 spiro atoms. The predicted molar refractivity (Wildman–Crippen MR) is 119 cm³/mol. The number of aromatic nitrogens is 2. The molecule has 0 N–H and O–H groups in total. The Labute approximate surface area is 186 Å². The van der Waals surface area contributed by atoms with E-state index in [1.54, 1.807) is 30.2 Å². The lowest BCUT2D eigenvalue weighted by atomic mass is 10.2. The fourth-order valence-corrected chi connectivity index (χ4v) is 3.58. The lowest BCUT2D eigenvalue weighted by molar-refractivity contribution is -0.133. The van der Waals surface area contributed by atoms with Crippen LogP contribution < -0.4 is 14.4 Å². The van der Waals surface area contributed by atoms with Crippen LogP contribution in [0.15, 0.2) is 54.6 Å². The molecule has 8 heteroatoms. The first kappa shape index (κ1) is 21.5. The minimum Gasteiger partial charge on any atom is -0.497 e. The molecule has 0 atom stereocenters. The molecular formula is C24H25FN4O3. The third-order valence-electron chi connectivity index (χ3n) is 5.35. The zero-order valence-electron chi connectivity index (χ0n) is 18.1. The van der Waals surface area contributed by atoms with Crippen molar-refractivity contribution in [3.05, 3.63) is 66.1 Å². The van der Waals surface area contributed by atoms with Crippen LogP contribution in [0.3, 0.4) is 0 Å². The van der Waals surface area contributed by atoms with E-state index in [0.717, 1.165) is 24.5 Å². The summed E-state index contributed by atoms with van der Waals surface area (Å²) in [7, 11) is 1.65. The Kier molecular flexibility index (Phi) is 6.49. The SMILES string of the molecule is COc1ccc(N2CCN(C(=O)COc3cc(C)nc(-c4ccc(F)cc4)n3)CC2)cc1. The normalized spacial score (nSPS) is 13.7. The number of methoxy groups -OCH3 is 1. The molecule has 1 amide bonds. The number of hydrogen-bond acceptors (Lipinski definition) is 6. The summed E-state index contributed by atoms with van der Waals surface area (Å²) in [6.07, 6.45) is 0. The van der Waals surface area contributed by atoms with Crippen molar-refractivity contribution in [2.75, 3.05) is 44.8 Å². The predicted octanol–water partition coefficient (Wildman–Crippen LogP) is 3.33. The van der Waals surface area contributed by atoms with Crippen LogP contribution in [0.4, 0.5) is 10.1 Å². The zero-order chi connectivity index (χ0) is 22.5. The molecule has 0 saturated carbocycles. The van der Waals surface area contributed by atoms with Crippen LogP contribution in [0.5, 0.6) is 11.6 Å². The van der Waals surface area contributed by atoms with E-state index >= 15 is 0 Å². The van der Waals surface area contributed by atoms with Gasteiger partial charge in [-0.25, -0.2) is 9.37 Å². The monoisotopic (exact) mass is 436 g/mol. The Hall–Kier alpha value is -3.68. The highest BCUT2D eigenvalue weighted by atomic mass is 19.1. The van der Waals surface area contributed by atoms with Crippen LogP contribution >= 0.6 is 0 Å². The quantitative estimate of drug-likeness (QED) is 0.591. The number of piperazine rings is 1. The number of benzene rings is 2. The highest BCUT2D eigenvalue weighted by molar-refractivity contribution is 5.78. The van der Waals surface area contributed by atoms with Crippen molar-refractivity contribution in [3.63, 3.8) is 0 Å². The maximum absolute atomic E-state index is 13.2. The molecule has 1 aliphatic heterocycles. The lowest BCUT2D eigenvalue weighted by Gasteiger charge is -2.36. The fourth-order valence-electron chi connectivity index (χ4n) is 3.58. The molecule has 7 nitrogen and oxygen atoms in total. The average molecular weight is 436 g/mol. The van der Waals surface area contributed by atoms with E-state index in [9.17, 15) is 9.18 Å². The highest BCUT2D eigenvalue weighted by Crippen LogP contribution is 2.21. The van der Waals surface area contributed by atoms with Crippen LogP contribution in [0.1, 0.15) is 5.69 Å². The maximum Gasteiger partial charge on any atom is 0.260 e. The number of amides is 1. The van der Waals surface area contributed by atoms with Gasteiger partial charge in [-0.05, 0) is 55.5 Å². The molecule has 0 aliphatic carbocycles. The molecular weight excluding hydrogens is 411 g/mol. The molecule has 1 aromatic heterocycles. The Balaban J connectivity index is 1.32. The summed E-state index contributed by atoms with van der Waals surface area (Å²) >= 11 is 0. The maximum atomic E-state index is 13.2. The van der Waals surface area contributed by atoms with Gasteiger partial charge in [0.25, 0.3) is 5.91 Å². The molecule has 2 aromatic carbocycles. The first-order valence-electron chi connectivity index (χ1n) is 10.4. The summed E-state index contributed by atoms with van der Waals surface area (Å²) in [5, 5.41) is 0. The molecule has 1 fully saturated rings. The van der Waals surface area contributed by atoms with E-state index < -0.39 is 0 Å². The van der Waals surface area contributed by atoms with Gasteiger partial charge in [0.1, 0.15) is 11.6 Å². The van der Waals surface area contributed by atoms with E-state index in [1.807, 2.05) is 31.2 Å². The molecule has 0 radical (unpaired) electrons. The van der Waals surface area contributed by atoms with Crippen molar-refractivity contribution in [2.45, 2.75) is 6.92 Å². The van der Waals surface area contributed by atoms with Gasteiger partial charge in [0.2, 0.25) is 5.88 Å². The van der Waals surface area contributed by atoms with Crippen LogP contribution in [0.25, 0.3) is 11.4 Å². The molecule has 0 bridgehead atoms. The van der Waals surface area contributed by atoms with E-state index in [4.69, 9.17) is 9.47 Å². The number of halogens is 1. The van der Waals surface area contributed by atoms with Crippen molar-refractivity contribution >= 4 is 11.6 Å². The minimum absolute atomic E-state index is 0.0843. The van der Waals surface area contributed by atoms with Gasteiger partial charge >= 0.3 is 0 Å². The number of nitrogens with zero attached hydrogens (tertiary/aromatic N) is 4.